The van der Waals surface area contributed by atoms with E-state index in [1.54, 1.807) is 20.3 Å². The molecule has 110 valence electrons. The van der Waals surface area contributed by atoms with Gasteiger partial charge in [-0.3, -0.25) is 0 Å². The van der Waals surface area contributed by atoms with E-state index in [0.717, 1.165) is 17.0 Å². The zero-order valence-corrected chi connectivity index (χ0v) is 12.4. The summed E-state index contributed by atoms with van der Waals surface area (Å²) in [5.41, 5.74) is 2.99. The molecule has 0 radical (unpaired) electrons. The Balaban J connectivity index is 1.87. The van der Waals surface area contributed by atoms with Crippen LogP contribution >= 0.6 is 0 Å². The second-order valence-corrected chi connectivity index (χ2v) is 5.45. The van der Waals surface area contributed by atoms with Crippen molar-refractivity contribution < 1.29 is 14.6 Å². The molecule has 21 heavy (non-hydrogen) atoms. The molecule has 0 spiro atoms. The van der Waals surface area contributed by atoms with Crippen molar-refractivity contribution in [2.75, 3.05) is 14.2 Å². The van der Waals surface area contributed by atoms with Crippen molar-refractivity contribution in [3.63, 3.8) is 0 Å². The van der Waals surface area contributed by atoms with E-state index in [0.29, 0.717) is 11.5 Å². The van der Waals surface area contributed by atoms with Crippen LogP contribution in [0.1, 0.15) is 41.6 Å². The zero-order valence-electron chi connectivity index (χ0n) is 12.4. The maximum atomic E-state index is 10.6. The summed E-state index contributed by atoms with van der Waals surface area (Å²) in [4.78, 5) is 0. The Labute approximate surface area is 125 Å². The highest BCUT2D eigenvalue weighted by Crippen LogP contribution is 2.40. The molecule has 1 N–H and O–H groups in total. The van der Waals surface area contributed by atoms with Gasteiger partial charge in [-0.1, -0.05) is 24.3 Å². The summed E-state index contributed by atoms with van der Waals surface area (Å²) in [6.45, 7) is 0. The van der Waals surface area contributed by atoms with E-state index in [4.69, 9.17) is 9.47 Å². The molecule has 0 aromatic heterocycles. The topological polar surface area (TPSA) is 38.7 Å². The van der Waals surface area contributed by atoms with Crippen molar-refractivity contribution in [2.24, 2.45) is 0 Å². The lowest BCUT2D eigenvalue weighted by atomic mass is 9.98. The molecule has 3 nitrogen and oxygen atoms in total. The van der Waals surface area contributed by atoms with Gasteiger partial charge in [0.1, 0.15) is 17.6 Å². The second-order valence-electron chi connectivity index (χ2n) is 5.45. The highest BCUT2D eigenvalue weighted by Gasteiger charge is 2.23. The molecule has 0 aliphatic heterocycles. The normalized spacial score (nSPS) is 15.6. The monoisotopic (exact) mass is 284 g/mol. The van der Waals surface area contributed by atoms with Gasteiger partial charge in [-0.15, -0.1) is 0 Å². The Morgan fingerprint density at radius 2 is 1.71 bits per heavy atom. The van der Waals surface area contributed by atoms with Crippen LogP contribution in [0.3, 0.4) is 0 Å². The predicted molar refractivity (Wildman–Crippen MR) is 82.0 cm³/mol. The fraction of sp³-hybridized carbons (Fsp3) is 0.333. The van der Waals surface area contributed by atoms with E-state index in [1.807, 2.05) is 24.3 Å². The van der Waals surface area contributed by atoms with Gasteiger partial charge in [0, 0.05) is 11.6 Å². The standard InChI is InChI=1S/C18H20O3/c1-20-15-9-10-16(17(11-15)21-2)18(19)14-7-5-13(6-8-14)12-3-4-12/h5-12,18-19H,3-4H2,1-2H3. The third-order valence-electron chi connectivity index (χ3n) is 4.04. The Bertz CT molecular complexity index is 615. The van der Waals surface area contributed by atoms with Crippen molar-refractivity contribution in [3.8, 4) is 11.5 Å². The lowest BCUT2D eigenvalue weighted by Gasteiger charge is -2.16. The molecule has 0 heterocycles. The number of methoxy groups -OCH3 is 2. The molecular weight excluding hydrogens is 264 g/mol. The van der Waals surface area contributed by atoms with Crippen molar-refractivity contribution in [1.82, 2.24) is 0 Å². The first-order valence-corrected chi connectivity index (χ1v) is 7.22. The molecule has 0 bridgehead atoms. The Hall–Kier alpha value is -2.00. The Morgan fingerprint density at radius 3 is 2.29 bits per heavy atom. The van der Waals surface area contributed by atoms with E-state index in [2.05, 4.69) is 12.1 Å². The average molecular weight is 284 g/mol. The summed E-state index contributed by atoms with van der Waals surface area (Å²) in [5, 5.41) is 10.6. The third kappa shape index (κ3) is 2.88. The van der Waals surface area contributed by atoms with Gasteiger partial charge < -0.3 is 14.6 Å². The summed E-state index contributed by atoms with van der Waals surface area (Å²) in [6, 6.07) is 13.7. The van der Waals surface area contributed by atoms with Crippen LogP contribution in [0.25, 0.3) is 0 Å². The molecule has 3 rings (SSSR count). The maximum absolute atomic E-state index is 10.6. The number of rotatable bonds is 5. The molecule has 1 unspecified atom stereocenters. The number of hydrogen-bond donors (Lipinski definition) is 1. The van der Waals surface area contributed by atoms with Crippen molar-refractivity contribution >= 4 is 0 Å². The summed E-state index contributed by atoms with van der Waals surface area (Å²) in [7, 11) is 3.21. The molecule has 1 atom stereocenters. The van der Waals surface area contributed by atoms with E-state index >= 15 is 0 Å². The molecular formula is C18H20O3. The first-order chi connectivity index (χ1) is 10.2. The first-order valence-electron chi connectivity index (χ1n) is 7.22. The van der Waals surface area contributed by atoms with Gasteiger partial charge in [0.2, 0.25) is 0 Å². The van der Waals surface area contributed by atoms with Crippen LogP contribution in [-0.4, -0.2) is 19.3 Å². The fourth-order valence-electron chi connectivity index (χ4n) is 2.59. The summed E-state index contributed by atoms with van der Waals surface area (Å²) in [6.07, 6.45) is 1.88. The Kier molecular flexibility index (Phi) is 3.84. The van der Waals surface area contributed by atoms with Gasteiger partial charge >= 0.3 is 0 Å². The second kappa shape index (κ2) is 5.78. The highest BCUT2D eigenvalue weighted by atomic mass is 16.5. The Morgan fingerprint density at radius 1 is 1.00 bits per heavy atom. The molecule has 1 aliphatic rings. The first kappa shape index (κ1) is 14.0. The lowest BCUT2D eigenvalue weighted by Crippen LogP contribution is -2.03. The molecule has 2 aromatic rings. The third-order valence-corrected chi connectivity index (χ3v) is 4.04. The minimum Gasteiger partial charge on any atom is -0.497 e. The molecule has 2 aromatic carbocycles. The van der Waals surface area contributed by atoms with E-state index < -0.39 is 6.10 Å². The van der Waals surface area contributed by atoms with Crippen LogP contribution in [0.15, 0.2) is 42.5 Å². The number of hydrogen-bond acceptors (Lipinski definition) is 3. The number of aliphatic hydroxyl groups is 1. The van der Waals surface area contributed by atoms with Gasteiger partial charge in [0.25, 0.3) is 0 Å². The van der Waals surface area contributed by atoms with Gasteiger partial charge in [-0.2, -0.15) is 0 Å². The van der Waals surface area contributed by atoms with Gasteiger partial charge in [-0.25, -0.2) is 0 Å². The van der Waals surface area contributed by atoms with Crippen LogP contribution in [0.4, 0.5) is 0 Å². The van der Waals surface area contributed by atoms with Crippen LogP contribution in [-0.2, 0) is 0 Å². The van der Waals surface area contributed by atoms with Crippen LogP contribution in [0.2, 0.25) is 0 Å². The predicted octanol–water partition coefficient (Wildman–Crippen LogP) is 3.66. The van der Waals surface area contributed by atoms with Crippen molar-refractivity contribution in [3.05, 3.63) is 59.2 Å². The molecule has 3 heteroatoms. The van der Waals surface area contributed by atoms with E-state index in [9.17, 15) is 5.11 Å². The van der Waals surface area contributed by atoms with Crippen LogP contribution in [0, 0.1) is 0 Å². The highest BCUT2D eigenvalue weighted by molar-refractivity contribution is 5.45. The number of ether oxygens (including phenoxy) is 2. The number of aliphatic hydroxyl groups excluding tert-OH is 1. The molecule has 1 fully saturated rings. The van der Waals surface area contributed by atoms with Crippen molar-refractivity contribution in [1.29, 1.82) is 0 Å². The van der Waals surface area contributed by atoms with E-state index in [1.165, 1.54) is 18.4 Å². The summed E-state index contributed by atoms with van der Waals surface area (Å²) >= 11 is 0. The van der Waals surface area contributed by atoms with Crippen LogP contribution < -0.4 is 9.47 Å². The minimum atomic E-state index is -0.695. The lowest BCUT2D eigenvalue weighted by molar-refractivity contribution is 0.214. The fourth-order valence-corrected chi connectivity index (χ4v) is 2.59. The zero-order chi connectivity index (χ0) is 14.8. The average Bonchev–Trinajstić information content (AvgIpc) is 3.38. The summed E-state index contributed by atoms with van der Waals surface area (Å²) in [5.74, 6) is 2.08. The van der Waals surface area contributed by atoms with Crippen LogP contribution in [0.5, 0.6) is 11.5 Å². The van der Waals surface area contributed by atoms with Gasteiger partial charge in [0.15, 0.2) is 0 Å². The largest absolute Gasteiger partial charge is 0.497 e. The van der Waals surface area contributed by atoms with Gasteiger partial charge in [-0.05, 0) is 42.0 Å². The maximum Gasteiger partial charge on any atom is 0.128 e. The smallest absolute Gasteiger partial charge is 0.128 e. The SMILES string of the molecule is COc1ccc(C(O)c2ccc(C3CC3)cc2)c(OC)c1. The molecule has 1 aliphatic carbocycles. The molecule has 0 saturated heterocycles. The minimum absolute atomic E-state index is 0.633. The van der Waals surface area contributed by atoms with E-state index in [-0.39, 0.29) is 0 Å². The quantitative estimate of drug-likeness (QED) is 0.910. The summed E-state index contributed by atoms with van der Waals surface area (Å²) < 4.78 is 10.5. The number of benzene rings is 2. The van der Waals surface area contributed by atoms with Crippen molar-refractivity contribution in [2.45, 2.75) is 24.9 Å². The molecule has 1 saturated carbocycles. The molecule has 0 amide bonds. The van der Waals surface area contributed by atoms with Gasteiger partial charge in [0.05, 0.1) is 14.2 Å².